The predicted octanol–water partition coefficient (Wildman–Crippen LogP) is 4.72. The minimum absolute atomic E-state index is 0.168. The molecule has 2 saturated heterocycles. The maximum atomic E-state index is 12.7. The number of aliphatic hydroxyl groups is 1. The highest BCUT2D eigenvalue weighted by atomic mass is 19.4. The number of amides is 1. The maximum Gasteiger partial charge on any atom is 0.573 e. The second-order valence-corrected chi connectivity index (χ2v) is 8.64. The van der Waals surface area contributed by atoms with Gasteiger partial charge in [0.1, 0.15) is 11.4 Å². The van der Waals surface area contributed by atoms with Crippen molar-refractivity contribution in [1.82, 2.24) is 4.90 Å². The summed E-state index contributed by atoms with van der Waals surface area (Å²) < 4.78 is 46.5. The van der Waals surface area contributed by atoms with Crippen molar-refractivity contribution in [1.29, 1.82) is 0 Å². The summed E-state index contributed by atoms with van der Waals surface area (Å²) in [6, 6.07) is 4.99. The van der Waals surface area contributed by atoms with Gasteiger partial charge in [0.05, 0.1) is 5.60 Å². The minimum Gasteiger partial charge on any atom is -0.444 e. The van der Waals surface area contributed by atoms with Gasteiger partial charge in [0.25, 0.3) is 0 Å². The molecule has 0 saturated carbocycles. The number of piperidine rings is 2. The van der Waals surface area contributed by atoms with Gasteiger partial charge in [-0.05, 0) is 57.7 Å². The molecule has 2 atom stereocenters. The third-order valence-corrected chi connectivity index (χ3v) is 5.24. The second kappa shape index (κ2) is 7.13. The van der Waals surface area contributed by atoms with Gasteiger partial charge >= 0.3 is 12.5 Å². The molecule has 0 aliphatic carbocycles. The fourth-order valence-electron chi connectivity index (χ4n) is 4.24. The highest BCUT2D eigenvalue weighted by Crippen LogP contribution is 2.45. The van der Waals surface area contributed by atoms with Gasteiger partial charge in [0.15, 0.2) is 0 Å². The van der Waals surface area contributed by atoms with E-state index < -0.39 is 17.6 Å². The molecule has 2 unspecified atom stereocenters. The van der Waals surface area contributed by atoms with E-state index >= 15 is 0 Å². The number of alkyl halides is 3. The van der Waals surface area contributed by atoms with Gasteiger partial charge in [-0.3, -0.25) is 0 Å². The first-order chi connectivity index (χ1) is 12.9. The normalized spacial score (nSPS) is 28.0. The van der Waals surface area contributed by atoms with Crippen LogP contribution < -0.4 is 4.74 Å². The summed E-state index contributed by atoms with van der Waals surface area (Å²) in [5, 5.41) is 11.3. The molecule has 2 fully saturated rings. The highest BCUT2D eigenvalue weighted by molar-refractivity contribution is 5.69. The summed E-state index contributed by atoms with van der Waals surface area (Å²) in [6.45, 7) is 5.43. The quantitative estimate of drug-likeness (QED) is 0.779. The molecule has 1 N–H and O–H groups in total. The third-order valence-electron chi connectivity index (χ3n) is 5.24. The zero-order valence-corrected chi connectivity index (χ0v) is 16.3. The maximum absolute atomic E-state index is 12.7. The van der Waals surface area contributed by atoms with Crippen LogP contribution in [0.1, 0.15) is 58.4 Å². The van der Waals surface area contributed by atoms with Crippen LogP contribution in [0.15, 0.2) is 24.3 Å². The van der Waals surface area contributed by atoms with E-state index in [2.05, 4.69) is 4.74 Å². The van der Waals surface area contributed by atoms with Crippen LogP contribution in [-0.2, 0) is 10.3 Å². The first-order valence-electron chi connectivity index (χ1n) is 9.46. The van der Waals surface area contributed by atoms with Crippen LogP contribution in [0, 0.1) is 0 Å². The van der Waals surface area contributed by atoms with E-state index in [-0.39, 0.29) is 23.9 Å². The van der Waals surface area contributed by atoms with E-state index in [1.807, 2.05) is 20.8 Å². The average Bonchev–Trinajstić information content (AvgIpc) is 2.51. The van der Waals surface area contributed by atoms with Gasteiger partial charge in [-0.25, -0.2) is 4.79 Å². The molecule has 0 aromatic heterocycles. The zero-order chi connectivity index (χ0) is 20.7. The van der Waals surface area contributed by atoms with Crippen molar-refractivity contribution in [3.05, 3.63) is 29.8 Å². The number of fused-ring (bicyclic) bond motifs is 2. The standard InChI is InChI=1S/C20H26F3NO4/c1-18(2,3)28-17(25)24-14-5-4-6-15(24)12-19(26,11-14)13-7-9-16(10-8-13)27-20(21,22)23/h7-10,14-15,26H,4-6,11-12H2,1-3H3. The van der Waals surface area contributed by atoms with Crippen molar-refractivity contribution in [3.63, 3.8) is 0 Å². The summed E-state index contributed by atoms with van der Waals surface area (Å²) in [7, 11) is 0. The van der Waals surface area contributed by atoms with Crippen LogP contribution in [0.3, 0.4) is 0 Å². The van der Waals surface area contributed by atoms with Crippen molar-refractivity contribution in [3.8, 4) is 5.75 Å². The molecule has 1 aromatic carbocycles. The van der Waals surface area contributed by atoms with Crippen LogP contribution in [-0.4, -0.2) is 40.1 Å². The number of carbonyl (C=O) groups excluding carboxylic acids is 1. The van der Waals surface area contributed by atoms with Crippen molar-refractivity contribution >= 4 is 6.09 Å². The van der Waals surface area contributed by atoms with Gasteiger partial charge in [-0.1, -0.05) is 12.1 Å². The molecule has 0 radical (unpaired) electrons. The van der Waals surface area contributed by atoms with Crippen LogP contribution in [0.4, 0.5) is 18.0 Å². The van der Waals surface area contributed by atoms with Gasteiger partial charge in [-0.2, -0.15) is 0 Å². The van der Waals surface area contributed by atoms with E-state index in [1.54, 1.807) is 4.90 Å². The average molecular weight is 401 g/mol. The number of rotatable bonds is 2. The number of hydrogen-bond acceptors (Lipinski definition) is 4. The third kappa shape index (κ3) is 4.71. The molecule has 0 spiro atoms. The lowest BCUT2D eigenvalue weighted by Gasteiger charge is -2.51. The minimum atomic E-state index is -4.76. The molecule has 2 heterocycles. The summed E-state index contributed by atoms with van der Waals surface area (Å²) in [5.74, 6) is -0.328. The van der Waals surface area contributed by atoms with E-state index in [0.717, 1.165) is 19.3 Å². The Bertz CT molecular complexity index is 698. The number of carbonyl (C=O) groups is 1. The molecular weight excluding hydrogens is 375 g/mol. The van der Waals surface area contributed by atoms with Gasteiger partial charge in [0.2, 0.25) is 0 Å². The first-order valence-corrected chi connectivity index (χ1v) is 9.46. The Balaban J connectivity index is 1.77. The topological polar surface area (TPSA) is 59.0 Å². The lowest BCUT2D eigenvalue weighted by atomic mass is 9.72. The fourth-order valence-corrected chi connectivity index (χ4v) is 4.24. The molecular formula is C20H26F3NO4. The Kier molecular flexibility index (Phi) is 5.29. The van der Waals surface area contributed by atoms with Crippen molar-refractivity contribution in [2.75, 3.05) is 0 Å². The smallest absolute Gasteiger partial charge is 0.444 e. The monoisotopic (exact) mass is 401 g/mol. The Morgan fingerprint density at radius 3 is 2.11 bits per heavy atom. The van der Waals surface area contributed by atoms with Crippen molar-refractivity contribution in [2.45, 2.75) is 82.5 Å². The van der Waals surface area contributed by atoms with Gasteiger partial charge in [-0.15, -0.1) is 13.2 Å². The molecule has 156 valence electrons. The van der Waals surface area contributed by atoms with Crippen molar-refractivity contribution < 1.29 is 32.5 Å². The van der Waals surface area contributed by atoms with Crippen molar-refractivity contribution in [2.24, 2.45) is 0 Å². The number of benzene rings is 1. The van der Waals surface area contributed by atoms with Crippen LogP contribution in [0.2, 0.25) is 0 Å². The molecule has 2 aliphatic rings. The van der Waals surface area contributed by atoms with E-state index in [0.29, 0.717) is 18.4 Å². The molecule has 2 bridgehead atoms. The Hall–Kier alpha value is -1.96. The van der Waals surface area contributed by atoms with E-state index in [9.17, 15) is 23.1 Å². The number of nitrogens with zero attached hydrogens (tertiary/aromatic N) is 1. The SMILES string of the molecule is CC(C)(C)OC(=O)N1C2CCCC1CC(O)(c1ccc(OC(F)(F)F)cc1)C2. The Labute approximate surface area is 162 Å². The van der Waals surface area contributed by atoms with Crippen LogP contribution in [0.5, 0.6) is 5.75 Å². The number of ether oxygens (including phenoxy) is 2. The Morgan fingerprint density at radius 2 is 1.64 bits per heavy atom. The zero-order valence-electron chi connectivity index (χ0n) is 16.3. The molecule has 1 aromatic rings. The fraction of sp³-hybridized carbons (Fsp3) is 0.650. The van der Waals surface area contributed by atoms with Crippen LogP contribution in [0.25, 0.3) is 0 Å². The van der Waals surface area contributed by atoms with E-state index in [1.165, 1.54) is 24.3 Å². The molecule has 5 nitrogen and oxygen atoms in total. The number of halogens is 3. The van der Waals surface area contributed by atoms with E-state index in [4.69, 9.17) is 4.74 Å². The molecule has 1 amide bonds. The molecule has 2 aliphatic heterocycles. The van der Waals surface area contributed by atoms with Gasteiger partial charge in [0, 0.05) is 24.9 Å². The van der Waals surface area contributed by atoms with Crippen LogP contribution >= 0.6 is 0 Å². The second-order valence-electron chi connectivity index (χ2n) is 8.64. The molecule has 28 heavy (non-hydrogen) atoms. The lowest BCUT2D eigenvalue weighted by molar-refractivity contribution is -0.274. The Morgan fingerprint density at radius 1 is 1.11 bits per heavy atom. The molecule has 8 heteroatoms. The largest absolute Gasteiger partial charge is 0.573 e. The van der Waals surface area contributed by atoms with Gasteiger partial charge < -0.3 is 19.5 Å². The highest BCUT2D eigenvalue weighted by Gasteiger charge is 2.49. The number of hydrogen-bond donors (Lipinski definition) is 1. The lowest BCUT2D eigenvalue weighted by Crippen LogP contribution is -2.59. The summed E-state index contributed by atoms with van der Waals surface area (Å²) in [4.78, 5) is 14.4. The molecule has 3 rings (SSSR count). The first kappa shape index (κ1) is 20.8. The summed E-state index contributed by atoms with van der Waals surface area (Å²) in [6.07, 6.45) is -2.01. The summed E-state index contributed by atoms with van der Waals surface area (Å²) >= 11 is 0. The predicted molar refractivity (Wildman–Crippen MR) is 95.8 cm³/mol. The summed E-state index contributed by atoms with van der Waals surface area (Å²) in [5.41, 5.74) is -1.28.